The molecule has 0 bridgehead atoms. The Labute approximate surface area is 88.7 Å². The number of aromatic amines is 2. The van der Waals surface area contributed by atoms with Crippen LogP contribution < -0.4 is 29.6 Å². The number of rotatable bonds is 0. The van der Waals surface area contributed by atoms with Crippen molar-refractivity contribution in [2.45, 2.75) is 13.3 Å². The molecule has 1 rings (SSSR count). The Morgan fingerprint density at radius 1 is 1.50 bits per heavy atom. The summed E-state index contributed by atoms with van der Waals surface area (Å²) in [6.07, 6.45) is 4.50. The number of aromatic nitrogens is 2. The van der Waals surface area contributed by atoms with E-state index in [0.29, 0.717) is 4.77 Å². The molecular weight excluding hydrogens is 155 g/mol. The summed E-state index contributed by atoms with van der Waals surface area (Å²) in [6, 6.07) is 0. The minimum Gasteiger partial charge on any atom is -0.344 e. The average Bonchev–Trinajstić information content (AvgIpc) is 2.20. The van der Waals surface area contributed by atoms with Crippen molar-refractivity contribution in [3.63, 3.8) is 0 Å². The van der Waals surface area contributed by atoms with Gasteiger partial charge in [-0.05, 0) is 12.2 Å². The van der Waals surface area contributed by atoms with Gasteiger partial charge < -0.3 is 16.9 Å². The minimum absolute atomic E-state index is 0. The second kappa shape index (κ2) is 9.43. The van der Waals surface area contributed by atoms with Crippen LogP contribution in [0, 0.1) is 11.7 Å². The molecule has 1 aromatic rings. The van der Waals surface area contributed by atoms with Gasteiger partial charge in [0.05, 0.1) is 0 Å². The second-order valence-corrected chi connectivity index (χ2v) is 1.86. The molecule has 0 radical (unpaired) electrons. The molecule has 0 saturated heterocycles. The molecule has 1 aromatic heterocycles. The first-order valence-corrected chi connectivity index (χ1v) is 3.23. The average molecular weight is 166 g/mol. The van der Waals surface area contributed by atoms with E-state index in [1.165, 1.54) is 0 Å². The van der Waals surface area contributed by atoms with Crippen molar-refractivity contribution in [2.24, 2.45) is 0 Å². The molecule has 0 fully saturated rings. The van der Waals surface area contributed by atoms with E-state index in [9.17, 15) is 0 Å². The van der Waals surface area contributed by atoms with E-state index in [1.54, 1.807) is 12.4 Å². The molecule has 1 heterocycles. The zero-order chi connectivity index (χ0) is 7.11. The molecule has 10 heavy (non-hydrogen) atoms. The Morgan fingerprint density at radius 2 is 1.80 bits per heavy atom. The molecule has 0 aliphatic carbocycles. The Kier molecular flexibility index (Phi) is 12.3. The SMILES string of the molecule is S=c1[nH]cc[nH]1.[CH2-]CC.[Na+]. The van der Waals surface area contributed by atoms with Gasteiger partial charge >= 0.3 is 29.6 Å². The Hall–Kier alpha value is 0.430. The van der Waals surface area contributed by atoms with Gasteiger partial charge in [-0.15, -0.1) is 0 Å². The van der Waals surface area contributed by atoms with Crippen LogP contribution in [0.3, 0.4) is 0 Å². The van der Waals surface area contributed by atoms with Crippen LogP contribution in [0.4, 0.5) is 0 Å². The van der Waals surface area contributed by atoms with Gasteiger partial charge in [-0.1, -0.05) is 6.92 Å². The normalized spacial score (nSPS) is 7.00. The van der Waals surface area contributed by atoms with Gasteiger partial charge in [-0.25, -0.2) is 0 Å². The molecule has 0 aliphatic heterocycles. The van der Waals surface area contributed by atoms with Crippen molar-refractivity contribution < 1.29 is 29.6 Å². The monoisotopic (exact) mass is 166 g/mol. The number of nitrogens with one attached hydrogen (secondary N) is 2. The standard InChI is InChI=1S/C3H4N2S.C3H7.Na/c6-3-4-1-2-5-3;1-3-2;/h1-2H,(H2,4,5,6);1,3H2,2H3;/q;-1;+1. The summed E-state index contributed by atoms with van der Waals surface area (Å²) in [5, 5.41) is 0. The second-order valence-electron chi connectivity index (χ2n) is 1.45. The third-order valence-electron chi connectivity index (χ3n) is 0.512. The predicted molar refractivity (Wildman–Crippen MR) is 41.6 cm³/mol. The van der Waals surface area contributed by atoms with E-state index in [2.05, 4.69) is 29.1 Å². The third kappa shape index (κ3) is 8.43. The van der Waals surface area contributed by atoms with E-state index in [1.807, 2.05) is 6.92 Å². The summed E-state index contributed by atoms with van der Waals surface area (Å²) in [7, 11) is 0. The summed E-state index contributed by atoms with van der Waals surface area (Å²) in [5.74, 6) is 0. The van der Waals surface area contributed by atoms with Crippen molar-refractivity contribution in [1.82, 2.24) is 9.97 Å². The molecule has 52 valence electrons. The first kappa shape index (κ1) is 13.1. The fourth-order valence-electron chi connectivity index (χ4n) is 0.276. The van der Waals surface area contributed by atoms with Gasteiger partial charge in [-0.2, -0.15) is 6.42 Å². The summed E-state index contributed by atoms with van der Waals surface area (Å²) in [6.45, 7) is 5.50. The van der Waals surface area contributed by atoms with Gasteiger partial charge in [0.2, 0.25) is 0 Å². The zero-order valence-electron chi connectivity index (χ0n) is 6.48. The van der Waals surface area contributed by atoms with Crippen LogP contribution in [-0.4, -0.2) is 9.97 Å². The van der Waals surface area contributed by atoms with Crippen LogP contribution in [0.1, 0.15) is 13.3 Å². The van der Waals surface area contributed by atoms with Crippen molar-refractivity contribution in [3.8, 4) is 0 Å². The first-order chi connectivity index (χ1) is 4.31. The molecule has 0 unspecified atom stereocenters. The summed E-state index contributed by atoms with van der Waals surface area (Å²) >= 11 is 4.63. The number of hydrogen-bond acceptors (Lipinski definition) is 1. The van der Waals surface area contributed by atoms with E-state index < -0.39 is 0 Å². The predicted octanol–water partition coefficient (Wildman–Crippen LogP) is -0.693. The molecule has 2 nitrogen and oxygen atoms in total. The molecule has 4 heteroatoms. The van der Waals surface area contributed by atoms with Crippen LogP contribution in [0.15, 0.2) is 12.4 Å². The van der Waals surface area contributed by atoms with Gasteiger partial charge in [0, 0.05) is 12.4 Å². The first-order valence-electron chi connectivity index (χ1n) is 2.82. The Morgan fingerprint density at radius 3 is 1.90 bits per heavy atom. The molecule has 0 atom stereocenters. The molecule has 0 spiro atoms. The third-order valence-corrected chi connectivity index (χ3v) is 0.748. The van der Waals surface area contributed by atoms with Crippen LogP contribution in [0.2, 0.25) is 0 Å². The fraction of sp³-hybridized carbons (Fsp3) is 0.333. The van der Waals surface area contributed by atoms with E-state index in [0.717, 1.165) is 6.42 Å². The fourth-order valence-corrected chi connectivity index (χ4v) is 0.412. The topological polar surface area (TPSA) is 31.6 Å². The van der Waals surface area contributed by atoms with E-state index >= 15 is 0 Å². The van der Waals surface area contributed by atoms with Gasteiger partial charge in [0.1, 0.15) is 0 Å². The Bertz CT molecular complexity index is 165. The summed E-state index contributed by atoms with van der Waals surface area (Å²) < 4.78 is 0.676. The van der Waals surface area contributed by atoms with Gasteiger partial charge in [-0.3, -0.25) is 0 Å². The van der Waals surface area contributed by atoms with Crippen molar-refractivity contribution in [1.29, 1.82) is 0 Å². The smallest absolute Gasteiger partial charge is 0.344 e. The minimum atomic E-state index is 0. The summed E-state index contributed by atoms with van der Waals surface area (Å²) in [4.78, 5) is 5.52. The maximum atomic E-state index is 4.63. The van der Waals surface area contributed by atoms with Crippen LogP contribution >= 0.6 is 12.2 Å². The molecule has 0 aromatic carbocycles. The van der Waals surface area contributed by atoms with Crippen LogP contribution in [0.25, 0.3) is 0 Å². The van der Waals surface area contributed by atoms with E-state index in [4.69, 9.17) is 0 Å². The van der Waals surface area contributed by atoms with Crippen molar-refractivity contribution in [3.05, 3.63) is 24.1 Å². The van der Waals surface area contributed by atoms with Crippen LogP contribution in [-0.2, 0) is 0 Å². The van der Waals surface area contributed by atoms with E-state index in [-0.39, 0.29) is 29.6 Å². The molecular formula is C6H11N2NaS. The van der Waals surface area contributed by atoms with Crippen molar-refractivity contribution in [2.75, 3.05) is 0 Å². The summed E-state index contributed by atoms with van der Waals surface area (Å²) in [5.41, 5.74) is 0. The molecule has 0 saturated carbocycles. The largest absolute Gasteiger partial charge is 1.00 e. The van der Waals surface area contributed by atoms with Gasteiger partial charge in [0.15, 0.2) is 4.77 Å². The Balaban J connectivity index is 0. The van der Waals surface area contributed by atoms with Crippen molar-refractivity contribution >= 4 is 12.2 Å². The molecule has 0 amide bonds. The number of hydrogen-bond donors (Lipinski definition) is 2. The zero-order valence-corrected chi connectivity index (χ0v) is 9.29. The van der Waals surface area contributed by atoms with Gasteiger partial charge in [0.25, 0.3) is 0 Å². The maximum Gasteiger partial charge on any atom is 1.00 e. The van der Waals surface area contributed by atoms with Crippen LogP contribution in [0.5, 0.6) is 0 Å². The number of H-pyrrole nitrogens is 2. The number of imidazole rings is 1. The molecule has 0 aliphatic rings. The molecule has 2 N–H and O–H groups in total. The quantitative estimate of drug-likeness (QED) is 0.298. The maximum absolute atomic E-state index is 4.63.